The van der Waals surface area contributed by atoms with E-state index < -0.39 is 0 Å². The molecule has 1 unspecified atom stereocenters. The molecule has 0 bridgehead atoms. The van der Waals surface area contributed by atoms with E-state index in [1.54, 1.807) is 17.4 Å². The van der Waals surface area contributed by atoms with Crippen molar-refractivity contribution < 1.29 is 9.53 Å². The third-order valence-corrected chi connectivity index (χ3v) is 6.27. The molecule has 5 nitrogen and oxygen atoms in total. The van der Waals surface area contributed by atoms with E-state index in [0.717, 1.165) is 45.9 Å². The van der Waals surface area contributed by atoms with Crippen LogP contribution in [0.15, 0.2) is 54.6 Å². The molecule has 2 aromatic carbocycles. The van der Waals surface area contributed by atoms with Crippen molar-refractivity contribution in [3.05, 3.63) is 65.2 Å². The molecule has 1 fully saturated rings. The number of carbonyl (C=O) groups is 1. The Bertz CT molecular complexity index is 987. The number of carbonyl (C=O) groups excluding carboxylic acids is 1. The Morgan fingerprint density at radius 3 is 2.70 bits per heavy atom. The van der Waals surface area contributed by atoms with Crippen LogP contribution in [0.4, 0.5) is 5.69 Å². The number of amides is 1. The van der Waals surface area contributed by atoms with E-state index in [-0.39, 0.29) is 12.0 Å². The first-order valence-electron chi connectivity index (χ1n) is 10.3. The van der Waals surface area contributed by atoms with Crippen molar-refractivity contribution in [3.63, 3.8) is 0 Å². The summed E-state index contributed by atoms with van der Waals surface area (Å²) in [7, 11) is 4.05. The predicted octanol–water partition coefficient (Wildman–Crippen LogP) is 4.58. The van der Waals surface area contributed by atoms with Gasteiger partial charge in [0.05, 0.1) is 16.3 Å². The summed E-state index contributed by atoms with van der Waals surface area (Å²) in [6.07, 6.45) is 5.65. The van der Waals surface area contributed by atoms with Gasteiger partial charge in [-0.25, -0.2) is 4.98 Å². The summed E-state index contributed by atoms with van der Waals surface area (Å²) in [4.78, 5) is 21.6. The van der Waals surface area contributed by atoms with Gasteiger partial charge in [-0.3, -0.25) is 4.79 Å². The van der Waals surface area contributed by atoms with Gasteiger partial charge < -0.3 is 14.5 Å². The Kier molecular flexibility index (Phi) is 6.45. The van der Waals surface area contributed by atoms with Gasteiger partial charge in [0.1, 0.15) is 5.01 Å². The molecular weight excluding hydrogens is 394 g/mol. The number of para-hydroxylation sites is 1. The number of anilines is 1. The van der Waals surface area contributed by atoms with Crippen LogP contribution >= 0.6 is 11.3 Å². The SMILES string of the molecule is CN(C)c1ccc(CN(CC2CCCO2)C(=O)/C=C/c2nc3ccccc3s2)cc1. The predicted molar refractivity (Wildman–Crippen MR) is 124 cm³/mol. The van der Waals surface area contributed by atoms with Gasteiger partial charge in [-0.05, 0) is 48.7 Å². The summed E-state index contributed by atoms with van der Waals surface area (Å²) in [6.45, 7) is 1.96. The molecule has 0 N–H and O–H groups in total. The van der Waals surface area contributed by atoms with Crippen molar-refractivity contribution in [1.82, 2.24) is 9.88 Å². The molecule has 1 atom stereocenters. The van der Waals surface area contributed by atoms with Gasteiger partial charge in [-0.2, -0.15) is 0 Å². The lowest BCUT2D eigenvalue weighted by atomic mass is 10.1. The zero-order chi connectivity index (χ0) is 20.9. The van der Waals surface area contributed by atoms with E-state index in [1.807, 2.05) is 49.3 Å². The highest BCUT2D eigenvalue weighted by Gasteiger charge is 2.22. The van der Waals surface area contributed by atoms with Crippen molar-refractivity contribution in [2.75, 3.05) is 32.1 Å². The molecule has 1 aromatic heterocycles. The highest BCUT2D eigenvalue weighted by atomic mass is 32.1. The highest BCUT2D eigenvalue weighted by Crippen LogP contribution is 2.23. The van der Waals surface area contributed by atoms with Crippen molar-refractivity contribution >= 4 is 39.2 Å². The molecule has 2 heterocycles. The maximum Gasteiger partial charge on any atom is 0.247 e. The summed E-state index contributed by atoms with van der Waals surface area (Å²) < 4.78 is 6.92. The Morgan fingerprint density at radius 1 is 1.20 bits per heavy atom. The fourth-order valence-corrected chi connectivity index (χ4v) is 4.47. The van der Waals surface area contributed by atoms with Crippen molar-refractivity contribution in [2.45, 2.75) is 25.5 Å². The number of hydrogen-bond donors (Lipinski definition) is 0. The van der Waals surface area contributed by atoms with Crippen LogP contribution < -0.4 is 4.90 Å². The van der Waals surface area contributed by atoms with Gasteiger partial charge in [-0.1, -0.05) is 24.3 Å². The summed E-state index contributed by atoms with van der Waals surface area (Å²) in [6, 6.07) is 16.4. The van der Waals surface area contributed by atoms with Crippen LogP contribution in [0.5, 0.6) is 0 Å². The first-order valence-corrected chi connectivity index (χ1v) is 11.1. The fraction of sp³-hybridized carbons (Fsp3) is 0.333. The Labute approximate surface area is 181 Å². The van der Waals surface area contributed by atoms with Crippen LogP contribution in [-0.2, 0) is 16.1 Å². The third-order valence-electron chi connectivity index (χ3n) is 5.26. The molecule has 4 rings (SSSR count). The number of nitrogens with zero attached hydrogens (tertiary/aromatic N) is 3. The maximum absolute atomic E-state index is 13.1. The second kappa shape index (κ2) is 9.41. The second-order valence-corrected chi connectivity index (χ2v) is 8.83. The Hall–Kier alpha value is -2.70. The van der Waals surface area contributed by atoms with Crippen LogP contribution in [0, 0.1) is 0 Å². The van der Waals surface area contributed by atoms with Gasteiger partial charge in [0.2, 0.25) is 5.91 Å². The lowest BCUT2D eigenvalue weighted by Gasteiger charge is -2.25. The molecule has 1 amide bonds. The minimum atomic E-state index is -0.0126. The molecular formula is C24H27N3O2S. The van der Waals surface area contributed by atoms with Crippen LogP contribution in [-0.4, -0.2) is 49.1 Å². The zero-order valence-corrected chi connectivity index (χ0v) is 18.3. The van der Waals surface area contributed by atoms with Gasteiger partial charge in [0, 0.05) is 45.6 Å². The van der Waals surface area contributed by atoms with Crippen LogP contribution in [0.1, 0.15) is 23.4 Å². The summed E-state index contributed by atoms with van der Waals surface area (Å²) >= 11 is 1.59. The summed E-state index contributed by atoms with van der Waals surface area (Å²) in [5.74, 6) is -0.0126. The molecule has 0 saturated carbocycles. The van der Waals surface area contributed by atoms with E-state index in [0.29, 0.717) is 13.1 Å². The van der Waals surface area contributed by atoms with Crippen molar-refractivity contribution in [2.24, 2.45) is 0 Å². The largest absolute Gasteiger partial charge is 0.378 e. The number of ether oxygens (including phenoxy) is 1. The number of aromatic nitrogens is 1. The first-order chi connectivity index (χ1) is 14.6. The quantitative estimate of drug-likeness (QED) is 0.524. The molecule has 0 spiro atoms. The monoisotopic (exact) mass is 421 g/mol. The van der Waals surface area contributed by atoms with Crippen LogP contribution in [0.3, 0.4) is 0 Å². The first kappa shape index (κ1) is 20.6. The molecule has 1 aliphatic heterocycles. The van der Waals surface area contributed by atoms with Gasteiger partial charge in [0.15, 0.2) is 0 Å². The standard InChI is InChI=1S/C24H27N3O2S/c1-26(2)19-11-9-18(10-12-19)16-27(17-20-6-5-15-29-20)24(28)14-13-23-25-21-7-3-4-8-22(21)30-23/h3-4,7-14,20H,5-6,15-17H2,1-2H3/b14-13+. The van der Waals surface area contributed by atoms with Gasteiger partial charge in [0.25, 0.3) is 0 Å². The molecule has 3 aromatic rings. The van der Waals surface area contributed by atoms with Gasteiger partial charge >= 0.3 is 0 Å². The van der Waals surface area contributed by atoms with Crippen molar-refractivity contribution in [1.29, 1.82) is 0 Å². The molecule has 156 valence electrons. The zero-order valence-electron chi connectivity index (χ0n) is 17.5. The Morgan fingerprint density at radius 2 is 2.00 bits per heavy atom. The van der Waals surface area contributed by atoms with Crippen LogP contribution in [0.25, 0.3) is 16.3 Å². The van der Waals surface area contributed by atoms with Crippen molar-refractivity contribution in [3.8, 4) is 0 Å². The molecule has 1 saturated heterocycles. The average Bonchev–Trinajstić information content (AvgIpc) is 3.41. The maximum atomic E-state index is 13.1. The average molecular weight is 422 g/mol. The minimum absolute atomic E-state index is 0.0126. The number of benzene rings is 2. The third kappa shape index (κ3) is 5.07. The number of thiazole rings is 1. The molecule has 0 radical (unpaired) electrons. The van der Waals surface area contributed by atoms with E-state index in [9.17, 15) is 4.79 Å². The summed E-state index contributed by atoms with van der Waals surface area (Å²) in [5, 5.41) is 0.844. The Balaban J connectivity index is 1.49. The number of rotatable bonds is 7. The lowest BCUT2D eigenvalue weighted by Crippen LogP contribution is -2.35. The van der Waals surface area contributed by atoms with E-state index >= 15 is 0 Å². The molecule has 30 heavy (non-hydrogen) atoms. The molecule has 0 aliphatic carbocycles. The van der Waals surface area contributed by atoms with E-state index in [4.69, 9.17) is 4.74 Å². The second-order valence-electron chi connectivity index (χ2n) is 7.77. The van der Waals surface area contributed by atoms with Crippen LogP contribution in [0.2, 0.25) is 0 Å². The fourth-order valence-electron chi connectivity index (χ4n) is 3.60. The number of hydrogen-bond acceptors (Lipinski definition) is 5. The topological polar surface area (TPSA) is 45.7 Å². The minimum Gasteiger partial charge on any atom is -0.378 e. The smallest absolute Gasteiger partial charge is 0.247 e. The van der Waals surface area contributed by atoms with E-state index in [2.05, 4.69) is 34.1 Å². The number of fused-ring (bicyclic) bond motifs is 1. The van der Waals surface area contributed by atoms with E-state index in [1.165, 1.54) is 0 Å². The van der Waals surface area contributed by atoms with Gasteiger partial charge in [-0.15, -0.1) is 11.3 Å². The lowest BCUT2D eigenvalue weighted by molar-refractivity contribution is -0.128. The highest BCUT2D eigenvalue weighted by molar-refractivity contribution is 7.19. The molecule has 6 heteroatoms. The molecule has 1 aliphatic rings. The normalized spacial score (nSPS) is 16.4. The summed E-state index contributed by atoms with van der Waals surface area (Å²) in [5.41, 5.74) is 3.22.